The molecule has 3 fully saturated rings. The van der Waals surface area contributed by atoms with Gasteiger partial charge in [0.25, 0.3) is 22.0 Å². The second kappa shape index (κ2) is 36.1. The fourth-order valence-corrected chi connectivity index (χ4v) is 7.77. The molecule has 3 rings (SSSR count). The second-order valence-corrected chi connectivity index (χ2v) is 20.3. The van der Waals surface area contributed by atoms with Crippen molar-refractivity contribution in [2.75, 3.05) is 72.2 Å². The molecular formula is C30H65N10NaO20S5. The van der Waals surface area contributed by atoms with Crippen LogP contribution >= 0.6 is 0 Å². The maximum atomic E-state index is 11.3. The van der Waals surface area contributed by atoms with Gasteiger partial charge in [-0.2, -0.15) is 52.6 Å². The van der Waals surface area contributed by atoms with E-state index in [9.17, 15) is 70.9 Å². The molecule has 0 bridgehead atoms. The van der Waals surface area contributed by atoms with Crippen molar-refractivity contribution in [3.8, 4) is 0 Å². The van der Waals surface area contributed by atoms with E-state index in [1.54, 1.807) is 67.0 Å². The predicted octanol–water partition coefficient (Wildman–Crippen LogP) is -6.58. The summed E-state index contributed by atoms with van der Waals surface area (Å²) in [5, 5.41) is 7.57. The molecule has 0 aliphatic carbocycles. The Kier molecular flexibility index (Phi) is 39.5. The number of rotatable bonds is 13. The summed E-state index contributed by atoms with van der Waals surface area (Å²) in [6.07, 6.45) is 0.124. The largest absolute Gasteiger partial charge is 1.00 e. The average Bonchev–Trinajstić information content (AvgIpc) is 3.73. The van der Waals surface area contributed by atoms with Gasteiger partial charge < -0.3 is 28.8 Å². The van der Waals surface area contributed by atoms with Crippen LogP contribution in [0, 0.1) is 0 Å². The van der Waals surface area contributed by atoms with E-state index in [4.69, 9.17) is 9.84 Å². The van der Waals surface area contributed by atoms with Gasteiger partial charge in [-0.15, -0.1) is 0 Å². The summed E-state index contributed by atoms with van der Waals surface area (Å²) in [5.41, 5.74) is -0.819. The van der Waals surface area contributed by atoms with Gasteiger partial charge in [0.1, 0.15) is 18.7 Å². The minimum atomic E-state index is -4.14. The molecule has 3 heterocycles. The van der Waals surface area contributed by atoms with E-state index in [-0.39, 0.29) is 107 Å². The van der Waals surface area contributed by atoms with Crippen LogP contribution in [0.5, 0.6) is 0 Å². The molecule has 386 valence electrons. The monoisotopic (exact) mass is 1070 g/mol. The molecule has 0 saturated carbocycles. The Hall–Kier alpha value is -2.91. The smallest absolute Gasteiger partial charge is 0.532 e. The molecule has 0 spiro atoms. The first kappa shape index (κ1) is 72.1. The van der Waals surface area contributed by atoms with Crippen LogP contribution in [-0.4, -0.2) is 169 Å². The predicted molar refractivity (Wildman–Crippen MR) is 233 cm³/mol. The third-order valence-corrected chi connectivity index (χ3v) is 11.7. The second-order valence-electron chi connectivity index (χ2n) is 12.4. The van der Waals surface area contributed by atoms with Crippen LogP contribution in [0.3, 0.4) is 0 Å². The van der Waals surface area contributed by atoms with Gasteiger partial charge in [-0.1, -0.05) is 27.2 Å². The quantitative estimate of drug-likeness (QED) is 0.0483. The fourth-order valence-electron chi connectivity index (χ4n) is 3.37. The molecule has 0 aromatic rings. The molecule has 0 radical (unpaired) electrons. The third-order valence-electron chi connectivity index (χ3n) is 5.53. The molecule has 0 atom stereocenters. The normalized spacial score (nSPS) is 16.2. The first-order valence-electron chi connectivity index (χ1n) is 19.2. The van der Waals surface area contributed by atoms with Crippen LogP contribution < -0.4 is 62.6 Å². The van der Waals surface area contributed by atoms with Crippen LogP contribution in [0.25, 0.3) is 4.72 Å². The van der Waals surface area contributed by atoms with Crippen LogP contribution in [0.15, 0.2) is 0 Å². The molecule has 8 N–H and O–H groups in total. The SMILES string of the molecule is CCC.CCN1C(=O)CNS1(=O)=O.CCN1C(=O)CNS1(=O)=O.CCNS(=O)(=O)NCC(=O)OCC.CCO.CCOC(=O)CNS(=O)(=O)NC(=O)OC(C)(C)C.O=C1CNS(=O)(=O)[N-]1.[Na+]. The van der Waals surface area contributed by atoms with Crippen LogP contribution in [0.2, 0.25) is 0 Å². The topological polar surface area (TPSA) is 426 Å². The van der Waals surface area contributed by atoms with Gasteiger partial charge >= 0.3 is 78.2 Å². The van der Waals surface area contributed by atoms with Crippen molar-refractivity contribution < 1.29 is 120 Å². The maximum absolute atomic E-state index is 11.3. The van der Waals surface area contributed by atoms with Crippen molar-refractivity contribution in [1.29, 1.82) is 0 Å². The molecule has 3 saturated heterocycles. The van der Waals surface area contributed by atoms with E-state index in [1.165, 1.54) is 6.42 Å². The van der Waals surface area contributed by atoms with Crippen molar-refractivity contribution in [3.63, 3.8) is 0 Å². The Bertz CT molecular complexity index is 2000. The van der Waals surface area contributed by atoms with E-state index < -0.39 is 87.1 Å². The van der Waals surface area contributed by atoms with Gasteiger partial charge in [0, 0.05) is 26.2 Å². The zero-order valence-electron chi connectivity index (χ0n) is 39.1. The van der Waals surface area contributed by atoms with E-state index in [2.05, 4.69) is 42.2 Å². The third kappa shape index (κ3) is 38.1. The Morgan fingerprint density at radius 1 is 0.682 bits per heavy atom. The van der Waals surface area contributed by atoms with Crippen molar-refractivity contribution in [1.82, 2.24) is 41.7 Å². The standard InChI is InChI=1S/C9H18N2O6S.C6H14N2O4S.2C4H8N2O3S.C3H8.C2H4N2O3S.C2H6O.Na/c1-5-16-7(12)6-10-18(14,15)11-8(13)17-9(2,3)4;1-3-7-13(10,11)8-5-6(9)12-4-2;2*1-2-6-4(7)3-5-10(6,8)9;1-3-2;5-2-1-3-8(6,7)4-2;1-2-3;/h10H,5-6H2,1-4H3,(H,11,13);7-8H,3-5H2,1-2H3;2*5H,2-3H2,1H3;3H2,1-2H3;3H,1H2,(H,4,5);3H,2H2,1H3;/q;;;;;;;+1/p-1. The zero-order chi connectivity index (χ0) is 51.9. The zero-order valence-corrected chi connectivity index (χ0v) is 45.2. The van der Waals surface area contributed by atoms with E-state index >= 15 is 0 Å². The number of likely N-dealkylation sites (N-methyl/N-ethyl adjacent to an activating group) is 2. The number of esters is 2. The molecule has 66 heavy (non-hydrogen) atoms. The molecule has 0 aromatic carbocycles. The van der Waals surface area contributed by atoms with Crippen molar-refractivity contribution in [3.05, 3.63) is 4.72 Å². The van der Waals surface area contributed by atoms with Crippen molar-refractivity contribution in [2.24, 2.45) is 0 Å². The van der Waals surface area contributed by atoms with Gasteiger partial charge in [0.15, 0.2) is 10.2 Å². The maximum Gasteiger partial charge on any atom is 1.00 e. The Morgan fingerprint density at radius 3 is 1.26 bits per heavy atom. The van der Waals surface area contributed by atoms with Crippen LogP contribution in [0.1, 0.15) is 82.6 Å². The summed E-state index contributed by atoms with van der Waals surface area (Å²) in [6, 6.07) is 0. The summed E-state index contributed by atoms with van der Waals surface area (Å²) < 4.78 is 140. The Morgan fingerprint density at radius 2 is 1.05 bits per heavy atom. The number of ether oxygens (including phenoxy) is 3. The molecular weight excluding hydrogens is 1000 g/mol. The number of aliphatic hydroxyl groups is 1. The summed E-state index contributed by atoms with van der Waals surface area (Å²) in [6.45, 7) is 18.8. The number of carbonyl (C=O) groups is 6. The first-order valence-corrected chi connectivity index (χ1v) is 26.5. The van der Waals surface area contributed by atoms with E-state index in [0.29, 0.717) is 0 Å². The molecule has 0 aromatic heterocycles. The number of aliphatic hydroxyl groups excluding tert-OH is 1. The molecule has 3 aliphatic heterocycles. The van der Waals surface area contributed by atoms with Gasteiger partial charge in [0.05, 0.1) is 38.8 Å². The average molecular weight is 1070 g/mol. The molecule has 4 amide bonds. The fraction of sp³-hybridized carbons (Fsp3) is 0.800. The summed E-state index contributed by atoms with van der Waals surface area (Å²) >= 11 is 0. The summed E-state index contributed by atoms with van der Waals surface area (Å²) in [7, 11) is -18.2. The molecule has 36 heteroatoms. The minimum Gasteiger partial charge on any atom is -0.532 e. The molecule has 0 unspecified atom stereocenters. The van der Waals surface area contributed by atoms with Gasteiger partial charge in [-0.3, -0.25) is 19.2 Å². The first-order chi connectivity index (χ1) is 29.7. The van der Waals surface area contributed by atoms with Gasteiger partial charge in [-0.25, -0.2) is 36.0 Å². The minimum absolute atomic E-state index is 0. The Labute approximate surface area is 410 Å². The van der Waals surface area contributed by atoms with Crippen molar-refractivity contribution in [2.45, 2.75) is 88.2 Å². The number of hydrogen-bond donors (Lipinski definition) is 8. The number of hydrogen-bond acceptors (Lipinski definition) is 20. The number of carbonyl (C=O) groups excluding carboxylic acids is 6. The number of nitrogens with zero attached hydrogens (tertiary/aromatic N) is 3. The van der Waals surface area contributed by atoms with Crippen molar-refractivity contribution >= 4 is 86.8 Å². The number of nitrogens with one attached hydrogen (secondary N) is 7. The van der Waals surface area contributed by atoms with Crippen LogP contribution in [-0.2, 0) is 89.2 Å². The molecule has 3 aliphatic rings. The summed E-state index contributed by atoms with van der Waals surface area (Å²) in [4.78, 5) is 64.3. The summed E-state index contributed by atoms with van der Waals surface area (Å²) in [5.74, 6) is -2.74. The Balaban J connectivity index is -0.000000232. The van der Waals surface area contributed by atoms with Crippen LogP contribution in [0.4, 0.5) is 4.79 Å². The van der Waals surface area contributed by atoms with Gasteiger partial charge in [-0.05, 0) is 55.4 Å². The van der Waals surface area contributed by atoms with E-state index in [1.807, 2.05) is 14.2 Å². The van der Waals surface area contributed by atoms with Gasteiger partial charge in [0.2, 0.25) is 0 Å². The van der Waals surface area contributed by atoms with E-state index in [0.717, 1.165) is 8.61 Å². The molecule has 30 nitrogen and oxygen atoms in total. The number of amides is 4.